The van der Waals surface area contributed by atoms with Gasteiger partial charge in [0.25, 0.3) is 0 Å². The molecule has 1 aromatic heterocycles. The second kappa shape index (κ2) is 7.93. The van der Waals surface area contributed by atoms with E-state index in [4.69, 9.17) is 4.74 Å². The third-order valence-corrected chi connectivity index (χ3v) is 3.23. The van der Waals surface area contributed by atoms with Gasteiger partial charge in [0.05, 0.1) is 38.4 Å². The van der Waals surface area contributed by atoms with Crippen LogP contribution in [0.5, 0.6) is 5.75 Å². The van der Waals surface area contributed by atoms with Crippen LogP contribution in [0.4, 0.5) is 0 Å². The van der Waals surface area contributed by atoms with Gasteiger partial charge < -0.3 is 14.8 Å². The molecule has 1 amide bonds. The molecule has 6 heteroatoms. The summed E-state index contributed by atoms with van der Waals surface area (Å²) in [6.45, 7) is 0.250. The van der Waals surface area contributed by atoms with Gasteiger partial charge in [-0.05, 0) is 29.8 Å². The number of pyridine rings is 1. The Balaban J connectivity index is 1.89. The van der Waals surface area contributed by atoms with E-state index in [9.17, 15) is 9.59 Å². The van der Waals surface area contributed by atoms with Gasteiger partial charge >= 0.3 is 5.97 Å². The number of esters is 1. The van der Waals surface area contributed by atoms with Gasteiger partial charge in [0, 0.05) is 6.20 Å². The van der Waals surface area contributed by atoms with Crippen LogP contribution < -0.4 is 10.1 Å². The van der Waals surface area contributed by atoms with Crippen molar-refractivity contribution >= 4 is 11.9 Å². The maximum atomic E-state index is 12.0. The summed E-state index contributed by atoms with van der Waals surface area (Å²) in [5, 5.41) is 2.78. The summed E-state index contributed by atoms with van der Waals surface area (Å²) in [5.41, 5.74) is 1.89. The Hall–Kier alpha value is -2.89. The van der Waals surface area contributed by atoms with Crippen molar-refractivity contribution in [1.82, 2.24) is 10.3 Å². The van der Waals surface area contributed by atoms with Crippen molar-refractivity contribution in [2.75, 3.05) is 14.2 Å². The summed E-state index contributed by atoms with van der Waals surface area (Å²) in [5.74, 6) is 0.191. The van der Waals surface area contributed by atoms with E-state index in [-0.39, 0.29) is 18.9 Å². The topological polar surface area (TPSA) is 77.5 Å². The van der Waals surface area contributed by atoms with Crippen LogP contribution in [0.25, 0.3) is 0 Å². The molecule has 1 N–H and O–H groups in total. The molecule has 0 spiro atoms. The Bertz CT molecular complexity index is 683. The number of nitrogens with one attached hydrogen (secondary N) is 1. The fourth-order valence-corrected chi connectivity index (χ4v) is 2.00. The van der Waals surface area contributed by atoms with Crippen molar-refractivity contribution in [3.63, 3.8) is 0 Å². The second-order valence-corrected chi connectivity index (χ2v) is 4.83. The first-order valence-corrected chi connectivity index (χ1v) is 7.05. The zero-order valence-electron chi connectivity index (χ0n) is 13.0. The number of ether oxygens (including phenoxy) is 2. The fourth-order valence-electron chi connectivity index (χ4n) is 2.00. The minimum atomic E-state index is -0.432. The first kappa shape index (κ1) is 16.5. The van der Waals surface area contributed by atoms with Crippen LogP contribution in [0.2, 0.25) is 0 Å². The number of aromatic nitrogens is 1. The maximum Gasteiger partial charge on any atom is 0.337 e. The second-order valence-electron chi connectivity index (χ2n) is 4.83. The van der Waals surface area contributed by atoms with Crippen LogP contribution in [0.3, 0.4) is 0 Å². The lowest BCUT2D eigenvalue weighted by molar-refractivity contribution is -0.120. The predicted octanol–water partition coefficient (Wildman–Crippen LogP) is 1.74. The van der Waals surface area contributed by atoms with E-state index in [1.807, 2.05) is 24.3 Å². The molecule has 0 aliphatic carbocycles. The molecule has 0 atom stereocenters. The zero-order chi connectivity index (χ0) is 16.7. The van der Waals surface area contributed by atoms with Crippen molar-refractivity contribution in [2.24, 2.45) is 0 Å². The van der Waals surface area contributed by atoms with Crippen LogP contribution in [0.1, 0.15) is 21.6 Å². The predicted molar refractivity (Wildman–Crippen MR) is 84.1 cm³/mol. The summed E-state index contributed by atoms with van der Waals surface area (Å²) in [6, 6.07) is 10.5. The minimum absolute atomic E-state index is 0.125. The average molecular weight is 314 g/mol. The summed E-state index contributed by atoms with van der Waals surface area (Å²) < 4.78 is 9.72. The van der Waals surface area contributed by atoms with Crippen LogP contribution in [0.15, 0.2) is 42.6 Å². The molecule has 2 aromatic rings. The highest BCUT2D eigenvalue weighted by Crippen LogP contribution is 2.11. The Morgan fingerprint density at radius 2 is 1.87 bits per heavy atom. The number of carbonyl (C=O) groups is 2. The van der Waals surface area contributed by atoms with Crippen LogP contribution in [0, 0.1) is 0 Å². The van der Waals surface area contributed by atoms with Gasteiger partial charge in [-0.25, -0.2) is 4.79 Å². The summed E-state index contributed by atoms with van der Waals surface area (Å²) in [6.07, 6.45) is 1.78. The SMILES string of the molecule is COC(=O)c1ccnc(CNC(=O)Cc2ccc(OC)cc2)c1. The van der Waals surface area contributed by atoms with E-state index < -0.39 is 5.97 Å². The average Bonchev–Trinajstić information content (AvgIpc) is 2.60. The van der Waals surface area contributed by atoms with Gasteiger partial charge in [0.15, 0.2) is 0 Å². The van der Waals surface area contributed by atoms with Gasteiger partial charge in [-0.1, -0.05) is 12.1 Å². The lowest BCUT2D eigenvalue weighted by Crippen LogP contribution is -2.25. The van der Waals surface area contributed by atoms with E-state index in [1.165, 1.54) is 13.3 Å². The van der Waals surface area contributed by atoms with E-state index >= 15 is 0 Å². The molecule has 0 bridgehead atoms. The number of hydrogen-bond donors (Lipinski definition) is 1. The van der Waals surface area contributed by atoms with Gasteiger partial charge in [-0.2, -0.15) is 0 Å². The first-order chi connectivity index (χ1) is 11.1. The number of amides is 1. The van der Waals surface area contributed by atoms with Crippen molar-refractivity contribution < 1.29 is 19.1 Å². The Morgan fingerprint density at radius 1 is 1.13 bits per heavy atom. The van der Waals surface area contributed by atoms with E-state index in [0.29, 0.717) is 11.3 Å². The number of carbonyl (C=O) groups excluding carboxylic acids is 2. The summed E-state index contributed by atoms with van der Waals surface area (Å²) in [7, 11) is 2.91. The number of rotatable bonds is 6. The third-order valence-electron chi connectivity index (χ3n) is 3.23. The molecule has 0 aliphatic rings. The Morgan fingerprint density at radius 3 is 2.52 bits per heavy atom. The number of methoxy groups -OCH3 is 2. The largest absolute Gasteiger partial charge is 0.497 e. The molecule has 1 aromatic carbocycles. The lowest BCUT2D eigenvalue weighted by atomic mass is 10.1. The van der Waals surface area contributed by atoms with Crippen LogP contribution >= 0.6 is 0 Å². The molecular formula is C17H18N2O4. The summed E-state index contributed by atoms with van der Waals surface area (Å²) >= 11 is 0. The first-order valence-electron chi connectivity index (χ1n) is 7.05. The monoisotopic (exact) mass is 314 g/mol. The van der Waals surface area contributed by atoms with E-state index in [2.05, 4.69) is 15.0 Å². The standard InChI is InChI=1S/C17H18N2O4/c1-22-15-5-3-12(4-6-15)9-16(20)19-11-14-10-13(7-8-18-14)17(21)23-2/h3-8,10H,9,11H2,1-2H3,(H,19,20). The molecule has 0 saturated heterocycles. The molecule has 0 fully saturated rings. The Kier molecular flexibility index (Phi) is 5.68. The van der Waals surface area contributed by atoms with Crippen molar-refractivity contribution in [2.45, 2.75) is 13.0 Å². The van der Waals surface area contributed by atoms with Gasteiger partial charge in [0.2, 0.25) is 5.91 Å². The molecule has 0 unspecified atom stereocenters. The normalized spacial score (nSPS) is 10.0. The number of nitrogens with zero attached hydrogens (tertiary/aromatic N) is 1. The number of hydrogen-bond acceptors (Lipinski definition) is 5. The van der Waals surface area contributed by atoms with E-state index in [0.717, 1.165) is 11.3 Å². The highest BCUT2D eigenvalue weighted by atomic mass is 16.5. The molecule has 0 radical (unpaired) electrons. The fraction of sp³-hybridized carbons (Fsp3) is 0.235. The van der Waals surface area contributed by atoms with Gasteiger partial charge in [-0.3, -0.25) is 9.78 Å². The van der Waals surface area contributed by atoms with Gasteiger partial charge in [-0.15, -0.1) is 0 Å². The smallest absolute Gasteiger partial charge is 0.337 e. The molecule has 23 heavy (non-hydrogen) atoms. The quantitative estimate of drug-likeness (QED) is 0.822. The van der Waals surface area contributed by atoms with Crippen LogP contribution in [-0.2, 0) is 22.5 Å². The molecule has 120 valence electrons. The lowest BCUT2D eigenvalue weighted by Gasteiger charge is -2.07. The van der Waals surface area contributed by atoms with E-state index in [1.54, 1.807) is 19.2 Å². The van der Waals surface area contributed by atoms with Crippen molar-refractivity contribution in [1.29, 1.82) is 0 Å². The third kappa shape index (κ3) is 4.81. The number of benzene rings is 1. The minimum Gasteiger partial charge on any atom is -0.497 e. The van der Waals surface area contributed by atoms with Gasteiger partial charge in [0.1, 0.15) is 5.75 Å². The van der Waals surface area contributed by atoms with Crippen molar-refractivity contribution in [3.8, 4) is 5.75 Å². The molecule has 1 heterocycles. The molecule has 0 aliphatic heterocycles. The Labute approximate surface area is 134 Å². The molecule has 0 saturated carbocycles. The highest BCUT2D eigenvalue weighted by Gasteiger charge is 2.08. The molecule has 6 nitrogen and oxygen atoms in total. The van der Waals surface area contributed by atoms with Crippen molar-refractivity contribution in [3.05, 3.63) is 59.4 Å². The maximum absolute atomic E-state index is 12.0. The van der Waals surface area contributed by atoms with Crippen LogP contribution in [-0.4, -0.2) is 31.1 Å². The molecule has 2 rings (SSSR count). The highest BCUT2D eigenvalue weighted by molar-refractivity contribution is 5.89. The molecular weight excluding hydrogens is 296 g/mol. The summed E-state index contributed by atoms with van der Waals surface area (Å²) in [4.78, 5) is 27.5. The zero-order valence-corrected chi connectivity index (χ0v) is 13.0.